The van der Waals surface area contributed by atoms with Crippen molar-refractivity contribution in [1.82, 2.24) is 0 Å². The third-order valence-corrected chi connectivity index (χ3v) is 7.13. The maximum Gasteiger partial charge on any atom is 0.305 e. The van der Waals surface area contributed by atoms with Crippen LogP contribution >= 0.6 is 0 Å². The molecule has 3 rings (SSSR count). The maximum atomic E-state index is 11.1. The van der Waals surface area contributed by atoms with E-state index in [1.165, 1.54) is 67.7 Å². The van der Waals surface area contributed by atoms with Gasteiger partial charge in [0, 0.05) is 30.1 Å². The molecule has 0 N–H and O–H groups in total. The van der Waals surface area contributed by atoms with Crippen molar-refractivity contribution in [3.8, 4) is 0 Å². The summed E-state index contributed by atoms with van der Waals surface area (Å²) in [4.78, 5) is 13.8. The first-order valence-electron chi connectivity index (χ1n) is 11.8. The van der Waals surface area contributed by atoms with Crippen molar-refractivity contribution < 1.29 is 9.53 Å². The molecule has 0 aromatic heterocycles. The van der Waals surface area contributed by atoms with Gasteiger partial charge in [-0.15, -0.1) is 0 Å². The Morgan fingerprint density at radius 3 is 2.27 bits per heavy atom. The molecule has 3 nitrogen and oxygen atoms in total. The first-order chi connectivity index (χ1) is 14.5. The Labute approximate surface area is 182 Å². The van der Waals surface area contributed by atoms with E-state index in [9.17, 15) is 4.79 Å². The molecule has 2 aromatic carbocycles. The highest BCUT2D eigenvalue weighted by Crippen LogP contribution is 2.48. The number of unbranched alkanes of at least 4 members (excludes halogenated alkanes) is 7. The van der Waals surface area contributed by atoms with Crippen molar-refractivity contribution in [1.29, 1.82) is 0 Å². The van der Waals surface area contributed by atoms with Crippen molar-refractivity contribution in [2.75, 3.05) is 18.6 Å². The number of carbonyl (C=O) groups is 1. The molecule has 0 saturated heterocycles. The zero-order chi connectivity index (χ0) is 21.6. The van der Waals surface area contributed by atoms with Gasteiger partial charge in [-0.3, -0.25) is 4.79 Å². The Kier molecular flexibility index (Phi) is 7.80. The van der Waals surface area contributed by atoms with Crippen LogP contribution in [0.1, 0.15) is 84.1 Å². The molecule has 1 atom stereocenters. The number of benzene rings is 2. The average molecular weight is 410 g/mol. The molecule has 30 heavy (non-hydrogen) atoms. The van der Waals surface area contributed by atoms with Gasteiger partial charge in [-0.05, 0) is 42.2 Å². The summed E-state index contributed by atoms with van der Waals surface area (Å²) in [5.41, 5.74) is 3.14. The van der Waals surface area contributed by atoms with Crippen molar-refractivity contribution >= 4 is 22.4 Å². The molecular formula is C27H39NO2. The molecule has 0 aliphatic carbocycles. The van der Waals surface area contributed by atoms with E-state index < -0.39 is 0 Å². The molecule has 2 aromatic rings. The first-order valence-corrected chi connectivity index (χ1v) is 11.8. The normalized spacial score (nSPS) is 17.3. The summed E-state index contributed by atoms with van der Waals surface area (Å²) in [6.45, 7) is 8.35. The molecule has 0 saturated carbocycles. The fraction of sp³-hybridized carbons (Fsp3) is 0.593. The second-order valence-electron chi connectivity index (χ2n) is 9.43. The van der Waals surface area contributed by atoms with Crippen LogP contribution in [0.25, 0.3) is 10.8 Å². The van der Waals surface area contributed by atoms with Gasteiger partial charge in [-0.1, -0.05) is 82.7 Å². The molecule has 0 bridgehead atoms. The Morgan fingerprint density at radius 1 is 0.933 bits per heavy atom. The van der Waals surface area contributed by atoms with Crippen LogP contribution in [-0.2, 0) is 14.9 Å². The lowest BCUT2D eigenvalue weighted by atomic mass is 9.79. The molecule has 0 radical (unpaired) electrons. The van der Waals surface area contributed by atoms with Crippen LogP contribution in [0.3, 0.4) is 0 Å². The molecule has 1 heterocycles. The zero-order valence-electron chi connectivity index (χ0n) is 19.4. The molecular weight excluding hydrogens is 370 g/mol. The minimum atomic E-state index is -0.0797. The minimum absolute atomic E-state index is 0.0797. The molecule has 0 amide bonds. The van der Waals surface area contributed by atoms with Gasteiger partial charge in [0.2, 0.25) is 0 Å². The van der Waals surface area contributed by atoms with E-state index in [0.29, 0.717) is 12.5 Å². The SMILES string of the molecule is COC(=O)CCCCCCCCCCN1c2ccc3ccccc3c2C(C)(C)C1C. The molecule has 1 aliphatic rings. The number of anilines is 1. The van der Waals surface area contributed by atoms with Gasteiger partial charge in [0.1, 0.15) is 0 Å². The average Bonchev–Trinajstić information content (AvgIpc) is 2.95. The number of nitrogens with zero attached hydrogens (tertiary/aromatic N) is 1. The number of fused-ring (bicyclic) bond motifs is 3. The highest BCUT2D eigenvalue weighted by molar-refractivity contribution is 5.93. The molecule has 164 valence electrons. The van der Waals surface area contributed by atoms with E-state index in [2.05, 4.69) is 66.8 Å². The third-order valence-electron chi connectivity index (χ3n) is 7.13. The summed E-state index contributed by atoms with van der Waals surface area (Å²) in [6.07, 6.45) is 10.4. The Hall–Kier alpha value is -2.03. The number of hydrogen-bond donors (Lipinski definition) is 0. The van der Waals surface area contributed by atoms with E-state index in [-0.39, 0.29) is 11.4 Å². The number of carbonyl (C=O) groups excluding carboxylic acids is 1. The second-order valence-corrected chi connectivity index (χ2v) is 9.43. The second kappa shape index (κ2) is 10.3. The lowest BCUT2D eigenvalue weighted by molar-refractivity contribution is -0.140. The number of methoxy groups -OCH3 is 1. The summed E-state index contributed by atoms with van der Waals surface area (Å²) >= 11 is 0. The number of esters is 1. The summed E-state index contributed by atoms with van der Waals surface area (Å²) in [6, 6.07) is 14.0. The van der Waals surface area contributed by atoms with E-state index >= 15 is 0 Å². The van der Waals surface area contributed by atoms with Crippen LogP contribution < -0.4 is 4.90 Å². The Bertz CT molecular complexity index is 842. The zero-order valence-corrected chi connectivity index (χ0v) is 19.4. The van der Waals surface area contributed by atoms with Crippen LogP contribution in [0.15, 0.2) is 36.4 Å². The van der Waals surface area contributed by atoms with Crippen LogP contribution in [0, 0.1) is 0 Å². The predicted molar refractivity (Wildman–Crippen MR) is 127 cm³/mol. The van der Waals surface area contributed by atoms with Gasteiger partial charge in [0.25, 0.3) is 0 Å². The van der Waals surface area contributed by atoms with Gasteiger partial charge >= 0.3 is 5.97 Å². The van der Waals surface area contributed by atoms with Gasteiger partial charge < -0.3 is 9.64 Å². The molecule has 1 unspecified atom stereocenters. The molecule has 3 heteroatoms. The fourth-order valence-electron chi connectivity index (χ4n) is 5.01. The fourth-order valence-corrected chi connectivity index (χ4v) is 5.01. The standard InChI is InChI=1S/C27H39NO2/c1-21-27(2,3)26-23-16-13-12-15-22(23)18-19-24(26)28(21)20-14-10-8-6-5-7-9-11-17-25(29)30-4/h12-13,15-16,18-19,21H,5-11,14,17,20H2,1-4H3. The summed E-state index contributed by atoms with van der Waals surface area (Å²) in [7, 11) is 1.47. The van der Waals surface area contributed by atoms with E-state index in [1.807, 2.05) is 0 Å². The summed E-state index contributed by atoms with van der Waals surface area (Å²) in [5.74, 6) is -0.0797. The van der Waals surface area contributed by atoms with E-state index in [1.54, 1.807) is 0 Å². The van der Waals surface area contributed by atoms with Crippen LogP contribution in [0.5, 0.6) is 0 Å². The Morgan fingerprint density at radius 2 is 1.57 bits per heavy atom. The molecule has 1 aliphatic heterocycles. The minimum Gasteiger partial charge on any atom is -0.469 e. The number of rotatable bonds is 11. The highest BCUT2D eigenvalue weighted by Gasteiger charge is 2.42. The quantitative estimate of drug-likeness (QED) is 0.295. The van der Waals surface area contributed by atoms with E-state index in [0.717, 1.165) is 19.4 Å². The van der Waals surface area contributed by atoms with Crippen LogP contribution in [0.4, 0.5) is 5.69 Å². The van der Waals surface area contributed by atoms with Crippen molar-refractivity contribution in [3.63, 3.8) is 0 Å². The molecule has 0 fully saturated rings. The number of hydrogen-bond acceptors (Lipinski definition) is 3. The van der Waals surface area contributed by atoms with Gasteiger partial charge in [-0.25, -0.2) is 0 Å². The molecule has 0 spiro atoms. The lowest BCUT2D eigenvalue weighted by Crippen LogP contribution is -2.39. The largest absolute Gasteiger partial charge is 0.469 e. The summed E-state index contributed by atoms with van der Waals surface area (Å²) in [5, 5.41) is 2.77. The van der Waals surface area contributed by atoms with Crippen molar-refractivity contribution in [2.45, 2.75) is 90.0 Å². The predicted octanol–water partition coefficient (Wildman–Crippen LogP) is 7.01. The lowest BCUT2D eigenvalue weighted by Gasteiger charge is -2.31. The number of ether oxygens (including phenoxy) is 1. The van der Waals surface area contributed by atoms with Gasteiger partial charge in [-0.2, -0.15) is 0 Å². The van der Waals surface area contributed by atoms with Crippen LogP contribution in [-0.4, -0.2) is 25.7 Å². The summed E-state index contributed by atoms with van der Waals surface area (Å²) < 4.78 is 4.68. The van der Waals surface area contributed by atoms with Gasteiger partial charge in [0.05, 0.1) is 7.11 Å². The van der Waals surface area contributed by atoms with Crippen molar-refractivity contribution in [3.05, 3.63) is 42.0 Å². The third kappa shape index (κ3) is 4.99. The topological polar surface area (TPSA) is 29.5 Å². The highest BCUT2D eigenvalue weighted by atomic mass is 16.5. The van der Waals surface area contributed by atoms with E-state index in [4.69, 9.17) is 0 Å². The monoisotopic (exact) mass is 409 g/mol. The smallest absolute Gasteiger partial charge is 0.305 e. The van der Waals surface area contributed by atoms with Gasteiger partial charge in [0.15, 0.2) is 0 Å². The van der Waals surface area contributed by atoms with Crippen LogP contribution in [0.2, 0.25) is 0 Å². The van der Waals surface area contributed by atoms with Crippen molar-refractivity contribution in [2.24, 2.45) is 0 Å². The maximum absolute atomic E-state index is 11.1. The first kappa shape index (κ1) is 22.7. The Balaban J connectivity index is 1.44.